The zero-order valence-corrected chi connectivity index (χ0v) is 12.2. The molecule has 0 spiro atoms. The molecule has 110 valence electrons. The van der Waals surface area contributed by atoms with Gasteiger partial charge in [0.25, 0.3) is 0 Å². The molecule has 21 heavy (non-hydrogen) atoms. The molecule has 2 heterocycles. The first-order chi connectivity index (χ1) is 10.2. The lowest BCUT2D eigenvalue weighted by Gasteiger charge is -2.17. The normalized spacial score (nSPS) is 11.8. The Kier molecular flexibility index (Phi) is 3.70. The van der Waals surface area contributed by atoms with Crippen molar-refractivity contribution in [1.82, 2.24) is 19.9 Å². The van der Waals surface area contributed by atoms with E-state index in [1.807, 2.05) is 18.2 Å². The largest absolute Gasteiger partial charge is 0.421 e. The number of fused-ring (bicyclic) bond motifs is 3. The Bertz CT molecular complexity index is 817. The van der Waals surface area contributed by atoms with Crippen LogP contribution >= 0.6 is 0 Å². The van der Waals surface area contributed by atoms with Gasteiger partial charge in [-0.05, 0) is 25.2 Å². The molecule has 0 saturated carbocycles. The fourth-order valence-corrected chi connectivity index (χ4v) is 2.55. The number of aromatic nitrogens is 3. The predicted molar refractivity (Wildman–Crippen MR) is 81.4 cm³/mol. The van der Waals surface area contributed by atoms with E-state index in [2.05, 4.69) is 29.1 Å². The van der Waals surface area contributed by atoms with E-state index in [0.29, 0.717) is 17.6 Å². The van der Waals surface area contributed by atoms with E-state index in [-0.39, 0.29) is 0 Å². The van der Waals surface area contributed by atoms with Gasteiger partial charge in [0.2, 0.25) is 0 Å². The molecule has 0 atom stereocenters. The van der Waals surface area contributed by atoms with E-state index in [4.69, 9.17) is 4.42 Å². The molecule has 6 nitrogen and oxygen atoms in total. The number of nitrogens with zero attached hydrogens (tertiary/aromatic N) is 4. The maximum Gasteiger partial charge on any atom is 0.366 e. The fourth-order valence-electron chi connectivity index (χ4n) is 2.55. The summed E-state index contributed by atoms with van der Waals surface area (Å²) in [4.78, 5) is 14.3. The highest BCUT2D eigenvalue weighted by Gasteiger charge is 2.14. The van der Waals surface area contributed by atoms with Crippen molar-refractivity contribution < 1.29 is 4.42 Å². The molecule has 0 aliphatic heterocycles. The minimum absolute atomic E-state index is 0.299. The molecule has 3 aromatic rings. The maximum absolute atomic E-state index is 12.0. The summed E-state index contributed by atoms with van der Waals surface area (Å²) < 4.78 is 7.07. The Morgan fingerprint density at radius 1 is 1.24 bits per heavy atom. The Hall–Kier alpha value is -2.21. The molecular weight excluding hydrogens is 268 g/mol. The minimum atomic E-state index is -0.433. The molecule has 0 amide bonds. The highest BCUT2D eigenvalue weighted by Crippen LogP contribution is 2.20. The first kappa shape index (κ1) is 13.8. The van der Waals surface area contributed by atoms with Crippen LogP contribution in [0.1, 0.15) is 13.8 Å². The summed E-state index contributed by atoms with van der Waals surface area (Å²) in [6, 6.07) is 7.49. The second-order valence-corrected chi connectivity index (χ2v) is 4.92. The van der Waals surface area contributed by atoms with Crippen LogP contribution in [0.4, 0.5) is 0 Å². The van der Waals surface area contributed by atoms with Crippen LogP contribution in [0, 0.1) is 0 Å². The van der Waals surface area contributed by atoms with Crippen LogP contribution in [0.15, 0.2) is 33.5 Å². The van der Waals surface area contributed by atoms with Crippen LogP contribution in [0.2, 0.25) is 0 Å². The first-order valence-electron chi connectivity index (χ1n) is 7.22. The lowest BCUT2D eigenvalue weighted by molar-refractivity contribution is 0.286. The van der Waals surface area contributed by atoms with Gasteiger partial charge in [-0.2, -0.15) is 0 Å². The van der Waals surface area contributed by atoms with Gasteiger partial charge in [0.05, 0.1) is 6.54 Å². The van der Waals surface area contributed by atoms with Crippen LogP contribution in [0.25, 0.3) is 22.0 Å². The average Bonchev–Trinajstić information content (AvgIpc) is 2.93. The van der Waals surface area contributed by atoms with Crippen LogP contribution in [0.3, 0.4) is 0 Å². The Morgan fingerprint density at radius 2 is 2.00 bits per heavy atom. The summed E-state index contributed by atoms with van der Waals surface area (Å²) in [6.45, 7) is 7.82. The summed E-state index contributed by atoms with van der Waals surface area (Å²) in [5.74, 6) is 0. The Balaban J connectivity index is 2.09. The molecule has 0 unspecified atom stereocenters. The van der Waals surface area contributed by atoms with Gasteiger partial charge in [0.15, 0.2) is 5.52 Å². The van der Waals surface area contributed by atoms with Crippen molar-refractivity contribution in [3.05, 3.63) is 34.7 Å². The molecule has 0 fully saturated rings. The van der Waals surface area contributed by atoms with Crippen molar-refractivity contribution in [3.8, 4) is 0 Å². The Morgan fingerprint density at radius 3 is 2.76 bits per heavy atom. The number of benzene rings is 1. The Labute approximate surface area is 122 Å². The molecule has 0 bridgehead atoms. The number of hydrogen-bond donors (Lipinski definition) is 0. The average molecular weight is 286 g/mol. The second kappa shape index (κ2) is 5.65. The summed E-state index contributed by atoms with van der Waals surface area (Å²) in [5, 5.41) is 8.98. The summed E-state index contributed by atoms with van der Waals surface area (Å²) in [7, 11) is 0. The van der Waals surface area contributed by atoms with E-state index in [1.165, 1.54) is 0 Å². The molecule has 2 aromatic heterocycles. The van der Waals surface area contributed by atoms with E-state index >= 15 is 0 Å². The molecular formula is C15H18N4O2. The van der Waals surface area contributed by atoms with E-state index in [0.717, 1.165) is 30.5 Å². The third-order valence-corrected chi connectivity index (χ3v) is 3.80. The van der Waals surface area contributed by atoms with Gasteiger partial charge in [-0.25, -0.2) is 9.48 Å². The van der Waals surface area contributed by atoms with E-state index in [1.54, 1.807) is 10.7 Å². The maximum atomic E-state index is 12.0. The first-order valence-corrected chi connectivity index (χ1v) is 7.22. The second-order valence-electron chi connectivity index (χ2n) is 4.92. The van der Waals surface area contributed by atoms with Crippen molar-refractivity contribution in [2.24, 2.45) is 0 Å². The number of hydrogen-bond acceptors (Lipinski definition) is 5. The minimum Gasteiger partial charge on any atom is -0.421 e. The standard InChI is InChI=1S/C15H18N4O2/c1-3-18(4-2)9-10-19-14-11-7-5-6-8-12(11)21-15(20)13(14)16-17-19/h5-8H,3-4,9-10H2,1-2H3. The summed E-state index contributed by atoms with van der Waals surface area (Å²) >= 11 is 0. The van der Waals surface area contributed by atoms with Gasteiger partial charge in [0.1, 0.15) is 11.1 Å². The lowest BCUT2D eigenvalue weighted by atomic mass is 10.2. The van der Waals surface area contributed by atoms with Gasteiger partial charge in [0, 0.05) is 11.9 Å². The highest BCUT2D eigenvalue weighted by molar-refractivity contribution is 6.00. The molecule has 0 aliphatic rings. The van der Waals surface area contributed by atoms with Crippen molar-refractivity contribution in [1.29, 1.82) is 0 Å². The fraction of sp³-hybridized carbons (Fsp3) is 0.400. The molecule has 0 saturated heterocycles. The molecule has 0 aliphatic carbocycles. The topological polar surface area (TPSA) is 64.2 Å². The van der Waals surface area contributed by atoms with E-state index in [9.17, 15) is 4.79 Å². The highest BCUT2D eigenvalue weighted by atomic mass is 16.4. The molecule has 1 aromatic carbocycles. The molecule has 3 rings (SSSR count). The zero-order chi connectivity index (χ0) is 14.8. The quantitative estimate of drug-likeness (QED) is 0.670. The molecule has 0 N–H and O–H groups in total. The van der Waals surface area contributed by atoms with Crippen molar-refractivity contribution in [2.45, 2.75) is 20.4 Å². The third-order valence-electron chi connectivity index (χ3n) is 3.80. The third kappa shape index (κ3) is 2.42. The van der Waals surface area contributed by atoms with Crippen LogP contribution in [-0.2, 0) is 6.54 Å². The zero-order valence-electron chi connectivity index (χ0n) is 12.2. The van der Waals surface area contributed by atoms with Gasteiger partial charge in [-0.15, -0.1) is 5.10 Å². The summed E-state index contributed by atoms with van der Waals surface area (Å²) in [6.07, 6.45) is 0. The van der Waals surface area contributed by atoms with Gasteiger partial charge < -0.3 is 9.32 Å². The number of likely N-dealkylation sites (N-methyl/N-ethyl adjacent to an activating group) is 1. The molecule has 0 radical (unpaired) electrons. The lowest BCUT2D eigenvalue weighted by Crippen LogP contribution is -2.27. The summed E-state index contributed by atoms with van der Waals surface area (Å²) in [5.41, 5.74) is 1.20. The van der Waals surface area contributed by atoms with Crippen molar-refractivity contribution >= 4 is 22.0 Å². The molecule has 6 heteroatoms. The number of para-hydroxylation sites is 1. The van der Waals surface area contributed by atoms with E-state index < -0.39 is 5.63 Å². The van der Waals surface area contributed by atoms with Crippen LogP contribution in [0.5, 0.6) is 0 Å². The van der Waals surface area contributed by atoms with Crippen molar-refractivity contribution in [2.75, 3.05) is 19.6 Å². The van der Waals surface area contributed by atoms with Gasteiger partial charge in [-0.1, -0.05) is 31.2 Å². The van der Waals surface area contributed by atoms with Gasteiger partial charge in [-0.3, -0.25) is 0 Å². The number of rotatable bonds is 5. The van der Waals surface area contributed by atoms with Crippen molar-refractivity contribution in [3.63, 3.8) is 0 Å². The SMILES string of the molecule is CCN(CC)CCn1nnc2c(=O)oc3ccccc3c21. The van der Waals surface area contributed by atoms with Crippen LogP contribution < -0.4 is 5.63 Å². The van der Waals surface area contributed by atoms with Gasteiger partial charge >= 0.3 is 5.63 Å². The monoisotopic (exact) mass is 286 g/mol. The smallest absolute Gasteiger partial charge is 0.366 e. The predicted octanol–water partition coefficient (Wildman–Crippen LogP) is 1.88. The van der Waals surface area contributed by atoms with Crippen LogP contribution in [-0.4, -0.2) is 39.5 Å².